The Balaban J connectivity index is 1.71. The molecule has 0 unspecified atom stereocenters. The highest BCUT2D eigenvalue weighted by atomic mass is 32.2. The first-order valence-electron chi connectivity index (χ1n) is 14.1. The van der Waals surface area contributed by atoms with E-state index < -0.39 is 28.5 Å². The second kappa shape index (κ2) is 13.7. The van der Waals surface area contributed by atoms with Gasteiger partial charge in [-0.15, -0.1) is 0 Å². The maximum Gasteiger partial charge on any atom is 0.264 e. The summed E-state index contributed by atoms with van der Waals surface area (Å²) in [6.07, 6.45) is 4.54. The van der Waals surface area contributed by atoms with E-state index in [0.29, 0.717) is 17.9 Å². The molecule has 3 aromatic carbocycles. The van der Waals surface area contributed by atoms with Crippen LogP contribution in [-0.2, 0) is 32.6 Å². The standard InChI is InChI=1S/C32H39N3O5S/c1-4-26-14-8-11-20-30(26)35(41(38,39)29-18-6-5-7-19-29)23-31(36)34(22-25-13-12-17-28(21-25)40-3)24(2)32(37)33-27-15-9-10-16-27/h5-8,11-14,17-21,24,27H,4,9-10,15-16,22-23H2,1-3H3,(H,33,37)/t24-/m1/s1. The van der Waals surface area contributed by atoms with Crippen LogP contribution >= 0.6 is 0 Å². The van der Waals surface area contributed by atoms with Gasteiger partial charge in [-0.05, 0) is 67.6 Å². The molecular formula is C32H39N3O5S. The summed E-state index contributed by atoms with van der Waals surface area (Å²) in [6.45, 7) is 3.29. The van der Waals surface area contributed by atoms with Crippen molar-refractivity contribution in [3.8, 4) is 5.75 Å². The number of nitrogens with one attached hydrogen (secondary N) is 1. The Bertz CT molecular complexity index is 1440. The molecule has 8 nitrogen and oxygen atoms in total. The van der Waals surface area contributed by atoms with Crippen LogP contribution in [0, 0.1) is 0 Å². The molecule has 1 saturated carbocycles. The summed E-state index contributed by atoms with van der Waals surface area (Å²) in [5.74, 6) is -0.102. The van der Waals surface area contributed by atoms with Crippen molar-refractivity contribution in [2.24, 2.45) is 0 Å². The van der Waals surface area contributed by atoms with Crippen LogP contribution in [0.3, 0.4) is 0 Å². The Morgan fingerprint density at radius 2 is 1.66 bits per heavy atom. The molecule has 3 aromatic rings. The molecule has 0 bridgehead atoms. The summed E-state index contributed by atoms with van der Waals surface area (Å²) in [7, 11) is -2.53. The van der Waals surface area contributed by atoms with Crippen molar-refractivity contribution in [2.45, 2.75) is 69.5 Å². The molecule has 9 heteroatoms. The third kappa shape index (κ3) is 7.27. The van der Waals surface area contributed by atoms with Crippen LogP contribution < -0.4 is 14.4 Å². The lowest BCUT2D eigenvalue weighted by Gasteiger charge is -2.33. The number of carbonyl (C=O) groups is 2. The van der Waals surface area contributed by atoms with Crippen LogP contribution in [0.25, 0.3) is 0 Å². The minimum Gasteiger partial charge on any atom is -0.497 e. The van der Waals surface area contributed by atoms with Crippen molar-refractivity contribution < 1.29 is 22.7 Å². The third-order valence-electron chi connectivity index (χ3n) is 7.61. The van der Waals surface area contributed by atoms with Crippen molar-refractivity contribution in [2.75, 3.05) is 18.0 Å². The number of hydrogen-bond donors (Lipinski definition) is 1. The van der Waals surface area contributed by atoms with Gasteiger partial charge in [0.05, 0.1) is 17.7 Å². The molecule has 0 saturated heterocycles. The molecule has 0 spiro atoms. The van der Waals surface area contributed by atoms with Gasteiger partial charge in [-0.3, -0.25) is 13.9 Å². The van der Waals surface area contributed by atoms with Crippen LogP contribution in [-0.4, -0.2) is 50.9 Å². The molecule has 0 heterocycles. The van der Waals surface area contributed by atoms with Crippen LogP contribution in [0.1, 0.15) is 50.7 Å². The van der Waals surface area contributed by atoms with Crippen molar-refractivity contribution in [3.63, 3.8) is 0 Å². The van der Waals surface area contributed by atoms with E-state index in [1.807, 2.05) is 43.3 Å². The number of methoxy groups -OCH3 is 1. The van der Waals surface area contributed by atoms with Crippen molar-refractivity contribution in [3.05, 3.63) is 90.0 Å². The zero-order valence-electron chi connectivity index (χ0n) is 24.0. The summed E-state index contributed by atoms with van der Waals surface area (Å²) in [4.78, 5) is 29.1. The van der Waals surface area contributed by atoms with Gasteiger partial charge in [-0.1, -0.05) is 68.3 Å². The average Bonchev–Trinajstić information content (AvgIpc) is 3.51. The molecule has 2 amide bonds. The number of ether oxygens (including phenoxy) is 1. The molecule has 0 aromatic heterocycles. The highest BCUT2D eigenvalue weighted by Gasteiger charge is 2.34. The number of rotatable bonds is 12. The first-order valence-corrected chi connectivity index (χ1v) is 15.6. The number of hydrogen-bond acceptors (Lipinski definition) is 5. The van der Waals surface area contributed by atoms with E-state index >= 15 is 0 Å². The molecular weight excluding hydrogens is 538 g/mol. The molecule has 218 valence electrons. The number of sulfonamides is 1. The smallest absolute Gasteiger partial charge is 0.264 e. The molecule has 0 radical (unpaired) electrons. The van der Waals surface area contributed by atoms with Crippen LogP contribution in [0.5, 0.6) is 5.75 Å². The van der Waals surface area contributed by atoms with Crippen molar-refractivity contribution in [1.82, 2.24) is 10.2 Å². The maximum absolute atomic E-state index is 14.2. The molecule has 1 aliphatic rings. The Hall–Kier alpha value is -3.85. The lowest BCUT2D eigenvalue weighted by Crippen LogP contribution is -2.52. The largest absolute Gasteiger partial charge is 0.497 e. The Morgan fingerprint density at radius 3 is 2.34 bits per heavy atom. The van der Waals surface area contributed by atoms with Crippen molar-refractivity contribution >= 4 is 27.5 Å². The fourth-order valence-electron chi connectivity index (χ4n) is 5.23. The highest BCUT2D eigenvalue weighted by Crippen LogP contribution is 2.28. The SMILES string of the molecule is CCc1ccccc1N(CC(=O)N(Cc1cccc(OC)c1)[C@H](C)C(=O)NC1CCCC1)S(=O)(=O)c1ccccc1. The fourth-order valence-corrected chi connectivity index (χ4v) is 6.70. The third-order valence-corrected chi connectivity index (χ3v) is 9.38. The van der Waals surface area contributed by atoms with Gasteiger partial charge in [-0.25, -0.2) is 8.42 Å². The minimum atomic E-state index is -4.10. The Kier molecular flexibility index (Phi) is 10.0. The average molecular weight is 578 g/mol. The molecule has 41 heavy (non-hydrogen) atoms. The van der Waals surface area contributed by atoms with Gasteiger partial charge in [0, 0.05) is 12.6 Å². The van der Waals surface area contributed by atoms with Gasteiger partial charge in [-0.2, -0.15) is 0 Å². The predicted octanol–water partition coefficient (Wildman–Crippen LogP) is 4.93. The first-order chi connectivity index (χ1) is 19.7. The monoisotopic (exact) mass is 577 g/mol. The first kappa shape index (κ1) is 30.1. The molecule has 1 N–H and O–H groups in total. The normalized spacial score (nSPS) is 14.3. The molecule has 1 fully saturated rings. The summed E-state index contributed by atoms with van der Waals surface area (Å²) in [5, 5.41) is 3.09. The lowest BCUT2D eigenvalue weighted by molar-refractivity contribution is -0.139. The minimum absolute atomic E-state index is 0.0880. The molecule has 1 atom stereocenters. The Morgan fingerprint density at radius 1 is 0.976 bits per heavy atom. The molecule has 0 aliphatic heterocycles. The number of amides is 2. The Labute approximate surface area is 243 Å². The number of anilines is 1. The number of nitrogens with zero attached hydrogens (tertiary/aromatic N) is 2. The summed E-state index contributed by atoms with van der Waals surface area (Å²) in [5.41, 5.74) is 2.01. The van der Waals surface area contributed by atoms with Crippen molar-refractivity contribution in [1.29, 1.82) is 0 Å². The number of carbonyl (C=O) groups excluding carboxylic acids is 2. The van der Waals surface area contributed by atoms with E-state index in [1.165, 1.54) is 21.3 Å². The van der Waals surface area contributed by atoms with E-state index in [2.05, 4.69) is 5.32 Å². The van der Waals surface area contributed by atoms with E-state index in [-0.39, 0.29) is 23.4 Å². The van der Waals surface area contributed by atoms with Gasteiger partial charge in [0.15, 0.2) is 0 Å². The second-order valence-electron chi connectivity index (χ2n) is 10.3. The molecule has 4 rings (SSSR count). The van der Waals surface area contributed by atoms with E-state index in [4.69, 9.17) is 4.74 Å². The summed E-state index contributed by atoms with van der Waals surface area (Å²) < 4.78 is 34.5. The molecule has 1 aliphatic carbocycles. The van der Waals surface area contributed by atoms with Crippen LogP contribution in [0.4, 0.5) is 5.69 Å². The zero-order valence-corrected chi connectivity index (χ0v) is 24.8. The van der Waals surface area contributed by atoms with Gasteiger partial charge < -0.3 is 15.0 Å². The maximum atomic E-state index is 14.2. The predicted molar refractivity (Wildman–Crippen MR) is 160 cm³/mol. The second-order valence-corrected chi connectivity index (χ2v) is 12.2. The van der Waals surface area contributed by atoms with Gasteiger partial charge in [0.2, 0.25) is 11.8 Å². The summed E-state index contributed by atoms with van der Waals surface area (Å²) in [6, 6.07) is 21.9. The van der Waals surface area contributed by atoms with E-state index in [1.54, 1.807) is 44.4 Å². The number of aryl methyl sites for hydroxylation is 1. The fraction of sp³-hybridized carbons (Fsp3) is 0.375. The van der Waals surface area contributed by atoms with E-state index in [9.17, 15) is 18.0 Å². The summed E-state index contributed by atoms with van der Waals surface area (Å²) >= 11 is 0. The number of benzene rings is 3. The van der Waals surface area contributed by atoms with Gasteiger partial charge in [0.1, 0.15) is 18.3 Å². The van der Waals surface area contributed by atoms with Gasteiger partial charge >= 0.3 is 0 Å². The highest BCUT2D eigenvalue weighted by molar-refractivity contribution is 7.92. The topological polar surface area (TPSA) is 96.0 Å². The quantitative estimate of drug-likeness (QED) is 0.329. The van der Waals surface area contributed by atoms with Gasteiger partial charge in [0.25, 0.3) is 10.0 Å². The van der Waals surface area contributed by atoms with Crippen LogP contribution in [0.15, 0.2) is 83.8 Å². The van der Waals surface area contributed by atoms with Crippen LogP contribution in [0.2, 0.25) is 0 Å². The lowest BCUT2D eigenvalue weighted by atomic mass is 10.1. The number of para-hydroxylation sites is 1. The zero-order chi connectivity index (χ0) is 29.4. The van der Waals surface area contributed by atoms with E-state index in [0.717, 1.165) is 36.8 Å².